The van der Waals surface area contributed by atoms with Gasteiger partial charge in [-0.2, -0.15) is 0 Å². The van der Waals surface area contributed by atoms with Crippen molar-refractivity contribution in [2.75, 3.05) is 26.0 Å². The Morgan fingerprint density at radius 2 is 1.64 bits per heavy atom. The monoisotopic (exact) mass is 415 g/mol. The maximum atomic E-state index is 12.1. The zero-order valence-electron chi connectivity index (χ0n) is 17.6. The lowest BCUT2D eigenvalue weighted by atomic mass is 10.1. The Bertz CT molecular complexity index is 472. The second kappa shape index (κ2) is 15.7. The highest BCUT2D eigenvalue weighted by molar-refractivity contribution is 8.00. The molecule has 28 heavy (non-hydrogen) atoms. The van der Waals surface area contributed by atoms with E-state index in [0.717, 1.165) is 57.9 Å². The fourth-order valence-corrected chi connectivity index (χ4v) is 4.60. The summed E-state index contributed by atoms with van der Waals surface area (Å²) in [6.45, 7) is 2.82. The lowest BCUT2D eigenvalue weighted by Gasteiger charge is -2.24. The van der Waals surface area contributed by atoms with E-state index in [0.29, 0.717) is 24.2 Å². The molecule has 0 spiro atoms. The highest BCUT2D eigenvalue weighted by Gasteiger charge is 2.30. The SMILES string of the molecule is COC(=O)CCCCCCN1C(=O)CS[C@H]1CCCCCCCCOC(C)=O. The number of hydrogen-bond donors (Lipinski definition) is 0. The number of ether oxygens (including phenoxy) is 2. The quantitative estimate of drug-likeness (QED) is 0.276. The molecule has 0 aromatic rings. The minimum atomic E-state index is -0.200. The molecule has 6 nitrogen and oxygen atoms in total. The van der Waals surface area contributed by atoms with E-state index in [-0.39, 0.29) is 17.8 Å². The average Bonchev–Trinajstić information content (AvgIpc) is 3.02. The van der Waals surface area contributed by atoms with Crippen molar-refractivity contribution in [2.45, 2.75) is 89.3 Å². The minimum absolute atomic E-state index is 0.143. The van der Waals surface area contributed by atoms with Gasteiger partial charge in [0.15, 0.2) is 0 Å². The summed E-state index contributed by atoms with van der Waals surface area (Å²) in [7, 11) is 1.42. The number of amides is 1. The molecule has 1 heterocycles. The molecule has 1 aliphatic rings. The van der Waals surface area contributed by atoms with E-state index in [1.807, 2.05) is 0 Å². The highest BCUT2D eigenvalue weighted by atomic mass is 32.2. The van der Waals surface area contributed by atoms with Crippen LogP contribution in [0, 0.1) is 0 Å². The first-order valence-corrected chi connectivity index (χ1v) is 11.7. The molecule has 0 aromatic heterocycles. The molecule has 1 saturated heterocycles. The van der Waals surface area contributed by atoms with Gasteiger partial charge in [0.1, 0.15) is 0 Å². The van der Waals surface area contributed by atoms with Gasteiger partial charge in [0.2, 0.25) is 5.91 Å². The van der Waals surface area contributed by atoms with E-state index in [4.69, 9.17) is 4.74 Å². The van der Waals surface area contributed by atoms with Crippen LogP contribution in [0.25, 0.3) is 0 Å². The largest absolute Gasteiger partial charge is 0.469 e. The third kappa shape index (κ3) is 11.6. The Hall–Kier alpha value is -1.24. The summed E-state index contributed by atoms with van der Waals surface area (Å²) < 4.78 is 9.57. The maximum Gasteiger partial charge on any atom is 0.305 e. The van der Waals surface area contributed by atoms with Crippen LogP contribution < -0.4 is 0 Å². The molecule has 1 rings (SSSR count). The van der Waals surface area contributed by atoms with Gasteiger partial charge in [-0.3, -0.25) is 14.4 Å². The van der Waals surface area contributed by atoms with Gasteiger partial charge in [-0.25, -0.2) is 0 Å². The lowest BCUT2D eigenvalue weighted by Crippen LogP contribution is -2.33. The Balaban J connectivity index is 2.04. The van der Waals surface area contributed by atoms with Gasteiger partial charge in [-0.05, 0) is 25.7 Å². The summed E-state index contributed by atoms with van der Waals surface area (Å²) in [4.78, 5) is 35.9. The van der Waals surface area contributed by atoms with Crippen LogP contribution >= 0.6 is 11.8 Å². The van der Waals surface area contributed by atoms with Crippen LogP contribution in [0.5, 0.6) is 0 Å². The highest BCUT2D eigenvalue weighted by Crippen LogP contribution is 2.29. The lowest BCUT2D eigenvalue weighted by molar-refractivity contribution is -0.141. The molecule has 0 unspecified atom stereocenters. The van der Waals surface area contributed by atoms with Crippen LogP contribution in [-0.4, -0.2) is 54.1 Å². The van der Waals surface area contributed by atoms with Crippen molar-refractivity contribution in [3.63, 3.8) is 0 Å². The third-order valence-corrected chi connectivity index (χ3v) is 6.26. The van der Waals surface area contributed by atoms with Gasteiger partial charge >= 0.3 is 11.9 Å². The van der Waals surface area contributed by atoms with Crippen molar-refractivity contribution in [1.82, 2.24) is 4.90 Å². The number of carbonyl (C=O) groups is 3. The molecule has 0 N–H and O–H groups in total. The molecule has 162 valence electrons. The number of rotatable bonds is 16. The van der Waals surface area contributed by atoms with Gasteiger partial charge in [-0.1, -0.05) is 44.9 Å². The topological polar surface area (TPSA) is 72.9 Å². The van der Waals surface area contributed by atoms with Gasteiger partial charge < -0.3 is 14.4 Å². The van der Waals surface area contributed by atoms with Crippen molar-refractivity contribution in [3.05, 3.63) is 0 Å². The summed E-state index contributed by atoms with van der Waals surface area (Å²) >= 11 is 1.78. The molecule has 1 aliphatic heterocycles. The van der Waals surface area contributed by atoms with Crippen LogP contribution in [-0.2, 0) is 23.9 Å². The Morgan fingerprint density at radius 3 is 2.36 bits per heavy atom. The number of methoxy groups -OCH3 is 1. The second-order valence-corrected chi connectivity index (χ2v) is 8.51. The Kier molecular flexibility index (Phi) is 13.9. The van der Waals surface area contributed by atoms with Gasteiger partial charge in [0.25, 0.3) is 0 Å². The van der Waals surface area contributed by atoms with E-state index in [1.165, 1.54) is 33.3 Å². The van der Waals surface area contributed by atoms with Crippen molar-refractivity contribution >= 4 is 29.6 Å². The number of esters is 2. The fraction of sp³-hybridized carbons (Fsp3) is 0.857. The molecule has 1 amide bonds. The van der Waals surface area contributed by atoms with Crippen LogP contribution in [0.4, 0.5) is 0 Å². The normalized spacial score (nSPS) is 16.4. The number of nitrogens with zero attached hydrogens (tertiary/aromatic N) is 1. The van der Waals surface area contributed by atoms with E-state index in [2.05, 4.69) is 9.64 Å². The van der Waals surface area contributed by atoms with Gasteiger partial charge in [0.05, 0.1) is 24.8 Å². The van der Waals surface area contributed by atoms with E-state index < -0.39 is 0 Å². The third-order valence-electron chi connectivity index (χ3n) is 4.98. The summed E-state index contributed by atoms with van der Waals surface area (Å²) in [6, 6.07) is 0. The first kappa shape index (κ1) is 24.8. The second-order valence-electron chi connectivity index (χ2n) is 7.34. The molecule has 7 heteroatoms. The first-order valence-electron chi connectivity index (χ1n) is 10.7. The smallest absolute Gasteiger partial charge is 0.305 e. The average molecular weight is 416 g/mol. The fourth-order valence-electron chi connectivity index (χ4n) is 3.36. The van der Waals surface area contributed by atoms with Gasteiger partial charge in [-0.15, -0.1) is 11.8 Å². The van der Waals surface area contributed by atoms with Crippen molar-refractivity contribution in [3.8, 4) is 0 Å². The summed E-state index contributed by atoms with van der Waals surface area (Å²) in [5.41, 5.74) is 0. The number of carbonyl (C=O) groups excluding carboxylic acids is 3. The zero-order chi connectivity index (χ0) is 20.6. The molecule has 0 saturated carbocycles. The molecular weight excluding hydrogens is 378 g/mol. The van der Waals surface area contributed by atoms with Crippen molar-refractivity contribution in [1.29, 1.82) is 0 Å². The standard InChI is InChI=1S/C21H37NO5S/c1-18(23)27-16-12-8-4-3-5-9-13-20-22(19(24)17-28-20)15-11-7-6-10-14-21(25)26-2/h20H,3-17H2,1-2H3/t20-/m0/s1. The van der Waals surface area contributed by atoms with E-state index in [9.17, 15) is 14.4 Å². The molecule has 0 bridgehead atoms. The van der Waals surface area contributed by atoms with Crippen LogP contribution in [0.15, 0.2) is 0 Å². The molecule has 0 radical (unpaired) electrons. The van der Waals surface area contributed by atoms with E-state index in [1.54, 1.807) is 11.8 Å². The maximum absolute atomic E-state index is 12.1. The predicted molar refractivity (Wildman–Crippen MR) is 112 cm³/mol. The minimum Gasteiger partial charge on any atom is -0.469 e. The summed E-state index contributed by atoms with van der Waals surface area (Å²) in [5.74, 6) is 0.545. The van der Waals surface area contributed by atoms with E-state index >= 15 is 0 Å². The molecular formula is C21H37NO5S. The van der Waals surface area contributed by atoms with Crippen LogP contribution in [0.2, 0.25) is 0 Å². The van der Waals surface area contributed by atoms with Gasteiger partial charge in [0, 0.05) is 19.9 Å². The molecule has 1 fully saturated rings. The van der Waals surface area contributed by atoms with Crippen LogP contribution in [0.3, 0.4) is 0 Å². The molecule has 1 atom stereocenters. The number of thioether (sulfide) groups is 1. The van der Waals surface area contributed by atoms with Crippen LogP contribution in [0.1, 0.15) is 84.0 Å². The zero-order valence-corrected chi connectivity index (χ0v) is 18.4. The summed E-state index contributed by atoms with van der Waals surface area (Å²) in [5, 5.41) is 0.339. The molecule has 0 aromatic carbocycles. The Labute approximate surface area is 174 Å². The first-order chi connectivity index (χ1) is 13.5. The Morgan fingerprint density at radius 1 is 1.00 bits per heavy atom. The predicted octanol–water partition coefficient (Wildman–Crippen LogP) is 4.31. The van der Waals surface area contributed by atoms with Crippen molar-refractivity contribution < 1.29 is 23.9 Å². The van der Waals surface area contributed by atoms with Crippen molar-refractivity contribution in [2.24, 2.45) is 0 Å². The number of unbranched alkanes of at least 4 members (excludes halogenated alkanes) is 8. The summed E-state index contributed by atoms with van der Waals surface area (Å²) in [6.07, 6.45) is 12.3. The number of hydrogen-bond acceptors (Lipinski definition) is 6. The molecule has 0 aliphatic carbocycles.